The van der Waals surface area contributed by atoms with Gasteiger partial charge in [-0.15, -0.1) is 0 Å². The maximum atomic E-state index is 13.7. The molecule has 244 valence electrons. The number of benzene rings is 1. The summed E-state index contributed by atoms with van der Waals surface area (Å²) in [4.78, 5) is 53.0. The van der Waals surface area contributed by atoms with Gasteiger partial charge < -0.3 is 28.8 Å². The third-order valence-electron chi connectivity index (χ3n) is 10.4. The van der Waals surface area contributed by atoms with Crippen LogP contribution in [0.15, 0.2) is 30.3 Å². The van der Waals surface area contributed by atoms with Crippen LogP contribution in [0.5, 0.6) is 0 Å². The molecule has 0 unspecified atom stereocenters. The average Bonchev–Trinajstić information content (AvgIpc) is 3.15. The molecule has 1 N–H and O–H groups in total. The van der Waals surface area contributed by atoms with Gasteiger partial charge in [0.1, 0.15) is 30.3 Å². The van der Waals surface area contributed by atoms with E-state index in [1.54, 1.807) is 51.1 Å². The monoisotopic (exact) mass is 616 g/mol. The quantitative estimate of drug-likeness (QED) is 0.289. The molecule has 1 aliphatic heterocycles. The number of carbonyl (C=O) groups excluding carboxylic acids is 4. The standard InChI is InChI=1S/C34H48O10/c1-9-20(3)28(36)41-25-16-17-32(8,39)34-27(43-29(37)21(4)10-2)24(31(6,7)44-34)18-26(33(25,34)19-40-22(5)35)42-30(38)23-14-12-11-13-15-23/h11-15,20-21,24-27,39H,9-10,16-19H2,1-8H3/t20-,21-,24-,25+,26-,27-,32+,33+,34+/m1/s1. The summed E-state index contributed by atoms with van der Waals surface area (Å²) in [6.45, 7) is 13.4. The predicted octanol–water partition coefficient (Wildman–Crippen LogP) is 4.79. The summed E-state index contributed by atoms with van der Waals surface area (Å²) in [5.74, 6) is -3.58. The Morgan fingerprint density at radius 2 is 1.52 bits per heavy atom. The van der Waals surface area contributed by atoms with Crippen molar-refractivity contribution in [1.29, 1.82) is 0 Å². The van der Waals surface area contributed by atoms with Crippen LogP contribution in [0.25, 0.3) is 0 Å². The van der Waals surface area contributed by atoms with E-state index in [4.69, 9.17) is 23.7 Å². The number of carbonyl (C=O) groups is 4. The molecule has 0 radical (unpaired) electrons. The largest absolute Gasteiger partial charge is 0.465 e. The molecule has 1 aromatic carbocycles. The summed E-state index contributed by atoms with van der Waals surface area (Å²) in [7, 11) is 0. The summed E-state index contributed by atoms with van der Waals surface area (Å²) in [6, 6.07) is 8.47. The minimum atomic E-state index is -1.79. The molecule has 0 aromatic heterocycles. The van der Waals surface area contributed by atoms with Crippen molar-refractivity contribution in [1.82, 2.24) is 0 Å². The van der Waals surface area contributed by atoms with Gasteiger partial charge in [0.05, 0.1) is 28.6 Å². The van der Waals surface area contributed by atoms with Crippen LogP contribution >= 0.6 is 0 Å². The Balaban J connectivity index is 1.98. The number of hydrogen-bond donors (Lipinski definition) is 1. The third-order valence-corrected chi connectivity index (χ3v) is 10.4. The summed E-state index contributed by atoms with van der Waals surface area (Å²) in [5.41, 5.74) is -5.79. The molecule has 2 bridgehead atoms. The second kappa shape index (κ2) is 12.4. The summed E-state index contributed by atoms with van der Waals surface area (Å²) >= 11 is 0. The van der Waals surface area contributed by atoms with Crippen LogP contribution in [0.4, 0.5) is 0 Å². The molecule has 2 aliphatic carbocycles. The zero-order valence-electron chi connectivity index (χ0n) is 27.2. The topological polar surface area (TPSA) is 135 Å². The molecule has 3 aliphatic rings. The van der Waals surface area contributed by atoms with Crippen molar-refractivity contribution >= 4 is 23.9 Å². The van der Waals surface area contributed by atoms with E-state index >= 15 is 0 Å². The average molecular weight is 617 g/mol. The Labute approximate surface area is 260 Å². The molecule has 9 atom stereocenters. The minimum Gasteiger partial charge on any atom is -0.465 e. The minimum absolute atomic E-state index is 0.118. The molecule has 1 saturated heterocycles. The second-order valence-corrected chi connectivity index (χ2v) is 13.6. The van der Waals surface area contributed by atoms with E-state index in [1.807, 2.05) is 27.7 Å². The second-order valence-electron chi connectivity index (χ2n) is 13.6. The number of esters is 4. The van der Waals surface area contributed by atoms with E-state index in [1.165, 1.54) is 6.92 Å². The molecule has 1 aromatic rings. The van der Waals surface area contributed by atoms with Gasteiger partial charge in [0.2, 0.25) is 0 Å². The molecule has 3 fully saturated rings. The molecule has 2 saturated carbocycles. The number of hydrogen-bond acceptors (Lipinski definition) is 10. The highest BCUT2D eigenvalue weighted by atomic mass is 16.6. The summed E-state index contributed by atoms with van der Waals surface area (Å²) in [5, 5.41) is 12.4. The van der Waals surface area contributed by atoms with Crippen molar-refractivity contribution in [2.75, 3.05) is 6.61 Å². The Bertz CT molecular complexity index is 1240. The van der Waals surface area contributed by atoms with Gasteiger partial charge in [0, 0.05) is 12.8 Å². The summed E-state index contributed by atoms with van der Waals surface area (Å²) in [6.07, 6.45) is -1.61. The van der Waals surface area contributed by atoms with Crippen LogP contribution in [0.3, 0.4) is 0 Å². The maximum Gasteiger partial charge on any atom is 0.338 e. The first-order valence-electron chi connectivity index (χ1n) is 15.8. The molecule has 10 heteroatoms. The van der Waals surface area contributed by atoms with E-state index in [0.717, 1.165) is 0 Å². The molecule has 0 amide bonds. The van der Waals surface area contributed by atoms with Gasteiger partial charge in [0.15, 0.2) is 5.60 Å². The lowest BCUT2D eigenvalue weighted by Crippen LogP contribution is -2.81. The Morgan fingerprint density at radius 1 is 0.932 bits per heavy atom. The van der Waals surface area contributed by atoms with Gasteiger partial charge in [0.25, 0.3) is 0 Å². The smallest absolute Gasteiger partial charge is 0.338 e. The fourth-order valence-electron chi connectivity index (χ4n) is 7.46. The van der Waals surface area contributed by atoms with Gasteiger partial charge in [-0.25, -0.2) is 4.79 Å². The lowest BCUT2D eigenvalue weighted by Gasteiger charge is -2.64. The zero-order chi connectivity index (χ0) is 32.7. The molecule has 1 spiro atoms. The van der Waals surface area contributed by atoms with Crippen LogP contribution in [0.2, 0.25) is 0 Å². The highest BCUT2D eigenvalue weighted by Gasteiger charge is 2.84. The molecule has 10 nitrogen and oxygen atoms in total. The van der Waals surface area contributed by atoms with Crippen molar-refractivity contribution < 1.29 is 48.0 Å². The van der Waals surface area contributed by atoms with Crippen molar-refractivity contribution in [3.05, 3.63) is 35.9 Å². The zero-order valence-corrected chi connectivity index (χ0v) is 27.2. The highest BCUT2D eigenvalue weighted by Crippen LogP contribution is 2.69. The predicted molar refractivity (Wildman–Crippen MR) is 159 cm³/mol. The van der Waals surface area contributed by atoms with Crippen LogP contribution in [-0.4, -0.2) is 70.7 Å². The lowest BCUT2D eigenvalue weighted by atomic mass is 9.47. The molecule has 44 heavy (non-hydrogen) atoms. The van der Waals surface area contributed by atoms with Crippen LogP contribution in [-0.2, 0) is 38.1 Å². The first kappa shape index (κ1) is 33.9. The van der Waals surface area contributed by atoms with Crippen LogP contribution < -0.4 is 0 Å². The van der Waals surface area contributed by atoms with E-state index in [-0.39, 0.29) is 19.3 Å². The molecular formula is C34H48O10. The van der Waals surface area contributed by atoms with Gasteiger partial charge in [-0.3, -0.25) is 14.4 Å². The molecular weight excluding hydrogens is 568 g/mol. The van der Waals surface area contributed by atoms with E-state index in [9.17, 15) is 24.3 Å². The number of fused-ring (bicyclic) bond motifs is 1. The van der Waals surface area contributed by atoms with E-state index in [2.05, 4.69) is 0 Å². The van der Waals surface area contributed by atoms with Gasteiger partial charge >= 0.3 is 23.9 Å². The first-order valence-corrected chi connectivity index (χ1v) is 15.8. The van der Waals surface area contributed by atoms with Crippen molar-refractivity contribution in [2.24, 2.45) is 23.2 Å². The van der Waals surface area contributed by atoms with Gasteiger partial charge in [-0.05, 0) is 65.0 Å². The SMILES string of the molecule is CC[C@@H](C)C(=O)O[C@H]1CC[C@](C)(O)[C@]23OC(C)(C)[C@H](C[C@@H](OC(=O)c4ccccc4)[C@]12COC(C)=O)[C@H]3OC(=O)[C@H](C)CC. The normalized spacial score (nSPS) is 35.0. The maximum absolute atomic E-state index is 13.7. The van der Waals surface area contributed by atoms with E-state index in [0.29, 0.717) is 18.4 Å². The lowest BCUT2D eigenvalue weighted by molar-refractivity contribution is -0.341. The van der Waals surface area contributed by atoms with Crippen LogP contribution in [0.1, 0.15) is 97.9 Å². The fraction of sp³-hybridized carbons (Fsp3) is 0.706. The first-order chi connectivity index (χ1) is 20.6. The Morgan fingerprint density at radius 3 is 2.09 bits per heavy atom. The summed E-state index contributed by atoms with van der Waals surface area (Å²) < 4.78 is 31.6. The Kier molecular flexibility index (Phi) is 9.58. The van der Waals surface area contributed by atoms with Crippen molar-refractivity contribution in [3.63, 3.8) is 0 Å². The van der Waals surface area contributed by atoms with E-state index < -0.39 is 88.8 Å². The van der Waals surface area contributed by atoms with Crippen molar-refractivity contribution in [3.8, 4) is 0 Å². The molecule has 1 heterocycles. The number of aliphatic hydroxyl groups is 1. The fourth-order valence-corrected chi connectivity index (χ4v) is 7.46. The van der Waals surface area contributed by atoms with Crippen molar-refractivity contribution in [2.45, 2.75) is 123 Å². The molecule has 4 rings (SSSR count). The van der Waals surface area contributed by atoms with Gasteiger partial charge in [-0.1, -0.05) is 45.9 Å². The Hall–Kier alpha value is -2.98. The number of ether oxygens (including phenoxy) is 5. The number of rotatable bonds is 10. The third kappa shape index (κ3) is 5.53. The van der Waals surface area contributed by atoms with Gasteiger partial charge in [-0.2, -0.15) is 0 Å². The van der Waals surface area contributed by atoms with Crippen LogP contribution in [0, 0.1) is 23.2 Å². The highest BCUT2D eigenvalue weighted by molar-refractivity contribution is 5.89.